The first-order valence-corrected chi connectivity index (χ1v) is 53.1. The number of aromatic amines is 2. The van der Waals surface area contributed by atoms with Gasteiger partial charge in [0.25, 0.3) is 22.9 Å². The Morgan fingerprint density at radius 2 is 0.768 bits per heavy atom. The Kier molecular flexibility index (Phi) is 46.0. The molecule has 8 aromatic rings. The number of carbonyl (C=O) groups is 6. The van der Waals surface area contributed by atoms with E-state index < -0.39 is 225 Å². The van der Waals surface area contributed by atoms with Crippen molar-refractivity contribution in [2.24, 2.45) is 11.5 Å². The fourth-order valence-corrected chi connectivity index (χ4v) is 14.8. The van der Waals surface area contributed by atoms with Crippen LogP contribution in [0.15, 0.2) is 163 Å². The highest BCUT2D eigenvalue weighted by molar-refractivity contribution is 6.71. The average Bonchev–Trinajstić information content (AvgIpc) is 1.60. The molecular formula is C85H120F5N17O28Si3. The molecule has 2 aromatic carbocycles. The highest BCUT2D eigenvalue weighted by Gasteiger charge is 2.52. The number of carbonyl (C=O) groups excluding carboxylic acids is 6. The van der Waals surface area contributed by atoms with E-state index in [4.69, 9.17) is 71.9 Å². The standard InChI is InChI=1S/C19H20FN3O5.C14H17N3O2Si.C12H15FN2O5.C10H15FO5.C10H20N2O2Si2.C9H12FN3O4.C9H11FN2O5.2CH5N/c1-3-13-15(20)16(27-11(2)24)18(28-13)23-10-9-14(22-19(23)26)21-17(25)12-7-5-4-6-8-12;1-20(2,3)19-14-15-10-9-12(17-14)16-13(18)11-7-5-4-6-8-11;1-3-7-9(13)10(19-6(2)16)11(20-7)15-5-4-8(17)14-12(15)18;1-4-7-8(11)9(14-5(2)12)10(16-7)15-6(3)13;1-15(2,3)13-9-7-8-11-10(12-9)14-16(4,5)6;10-6-4(3-14)17-8(7(6)15)13-2-1-5(11)12-9(13)16;10-6-4(3-13)17-8(7(6)15)12-2-1-5(14)11-9(12)16;2*1-2/h4-10,13,15-16,18H,3H2,1-2H3,(H,21,22,25,26);4-10H,1-3H3,(H,15,16,17,18);4-5,7,9-11H,3H2,1-2H3,(H,14,17,18);7-10H,4H2,1-3H3;7-8H,1-6H3;1-2,4,6-8,14-15H,3H2,(H2,11,12,16);1-2,4,6-8,13,15H,3H2,(H,11,14,16);2*2H2,1H3/t13-,15+,16-,18?;;7-,9+,10-,11?;7?,8-,9+,10?;;2*4-,6+,7-,8?;;/m1.10.11../s1. The molecule has 53 heteroatoms. The van der Waals surface area contributed by atoms with Crippen LogP contribution >= 0.6 is 0 Å². The van der Waals surface area contributed by atoms with Crippen LogP contribution in [0.2, 0.25) is 58.9 Å². The summed E-state index contributed by atoms with van der Waals surface area (Å²) in [7, 11) is -2.03. The van der Waals surface area contributed by atoms with Crippen LogP contribution < -0.4 is 75.0 Å². The predicted octanol–water partition coefficient (Wildman–Crippen LogP) is 4.68. The molecule has 0 radical (unpaired) electrons. The number of nitrogens with two attached hydrogens (primary N) is 3. The highest BCUT2D eigenvalue weighted by atomic mass is 28.4. The largest absolute Gasteiger partial charge is 0.531 e. The number of H-pyrrole nitrogens is 2. The van der Waals surface area contributed by atoms with E-state index in [2.05, 4.69) is 91.3 Å². The van der Waals surface area contributed by atoms with Gasteiger partial charge in [0.15, 0.2) is 74.1 Å². The fraction of sp³-hybridized carbons (Fsp3) is 0.506. The van der Waals surface area contributed by atoms with E-state index >= 15 is 0 Å². The monoisotopic (exact) mass is 2010 g/mol. The van der Waals surface area contributed by atoms with Crippen molar-refractivity contribution in [1.29, 1.82) is 0 Å². The van der Waals surface area contributed by atoms with Crippen LogP contribution in [0.3, 0.4) is 0 Å². The zero-order chi connectivity index (χ0) is 104. The molecule has 0 spiro atoms. The van der Waals surface area contributed by atoms with Crippen molar-refractivity contribution in [3.8, 4) is 17.9 Å². The number of hydrogen-bond donors (Lipinski definition) is 11. The molecule has 2 amide bonds. The van der Waals surface area contributed by atoms with Crippen LogP contribution in [0, 0.1) is 0 Å². The maximum atomic E-state index is 14.5. The summed E-state index contributed by atoms with van der Waals surface area (Å²) in [6, 6.07) is 26.5. The minimum Gasteiger partial charge on any atom is -0.531 e. The van der Waals surface area contributed by atoms with Crippen molar-refractivity contribution >= 4 is 78.1 Å². The number of nitrogen functional groups attached to an aromatic ring is 1. The van der Waals surface area contributed by atoms with Crippen LogP contribution in [-0.2, 0) is 61.8 Å². The molecule has 45 nitrogen and oxygen atoms in total. The summed E-state index contributed by atoms with van der Waals surface area (Å²) in [5.41, 5.74) is 11.0. The lowest BCUT2D eigenvalue weighted by molar-refractivity contribution is -0.194. The quantitative estimate of drug-likeness (QED) is 0.0179. The molecule has 5 aliphatic heterocycles. The molecule has 5 saturated heterocycles. The third-order valence-electron chi connectivity index (χ3n) is 18.6. The van der Waals surface area contributed by atoms with E-state index in [1.54, 1.807) is 87.8 Å². The van der Waals surface area contributed by atoms with Gasteiger partial charge in [-0.2, -0.15) is 19.9 Å². The molecule has 14 N–H and O–H groups in total. The van der Waals surface area contributed by atoms with Gasteiger partial charge in [-0.3, -0.25) is 66.6 Å². The van der Waals surface area contributed by atoms with Crippen LogP contribution in [0.5, 0.6) is 17.9 Å². The Balaban J connectivity index is 0.000000285. The Hall–Kier alpha value is -12.4. The van der Waals surface area contributed by atoms with Gasteiger partial charge in [-0.05, 0) is 135 Å². The molecule has 0 saturated carbocycles. The molecule has 760 valence electrons. The van der Waals surface area contributed by atoms with E-state index in [0.29, 0.717) is 54.1 Å². The van der Waals surface area contributed by atoms with Crippen LogP contribution in [0.25, 0.3) is 0 Å². The van der Waals surface area contributed by atoms with E-state index in [1.807, 2.05) is 47.8 Å². The van der Waals surface area contributed by atoms with E-state index in [0.717, 1.165) is 57.4 Å². The molecule has 20 atom stereocenters. The first-order chi connectivity index (χ1) is 65.0. The zero-order valence-corrected chi connectivity index (χ0v) is 82.0. The number of esters is 4. The summed E-state index contributed by atoms with van der Waals surface area (Å²) in [4.78, 5) is 165. The summed E-state index contributed by atoms with van der Waals surface area (Å²) in [5.74, 6) is -2.10. The zero-order valence-electron chi connectivity index (χ0n) is 79.0. The number of halogens is 5. The number of ether oxygens (including phenoxy) is 9. The number of alkyl halides is 5. The molecule has 5 fully saturated rings. The van der Waals surface area contributed by atoms with E-state index in [-0.39, 0.29) is 17.5 Å². The molecule has 138 heavy (non-hydrogen) atoms. The van der Waals surface area contributed by atoms with Gasteiger partial charge in [-0.25, -0.2) is 51.1 Å². The first-order valence-electron chi connectivity index (χ1n) is 42.9. The second kappa shape index (κ2) is 54.7. The van der Waals surface area contributed by atoms with Crippen LogP contribution in [0.1, 0.15) is 113 Å². The average molecular weight is 2010 g/mol. The summed E-state index contributed by atoms with van der Waals surface area (Å²) in [6.45, 7) is 27.5. The summed E-state index contributed by atoms with van der Waals surface area (Å²) < 4.78 is 136. The molecule has 13 rings (SSSR count). The number of benzene rings is 2. The topological polar surface area (TPSA) is 627 Å². The first kappa shape index (κ1) is 116. The number of aromatic nitrogens is 12. The maximum Gasteiger partial charge on any atom is 0.351 e. The summed E-state index contributed by atoms with van der Waals surface area (Å²) in [6.07, 6.45) is -16.1. The Morgan fingerprint density at radius 3 is 1.16 bits per heavy atom. The number of aliphatic hydroxyl groups is 4. The third kappa shape index (κ3) is 35.6. The van der Waals surface area contributed by atoms with Crippen molar-refractivity contribution in [1.82, 2.24) is 58.1 Å². The van der Waals surface area contributed by atoms with Crippen molar-refractivity contribution in [2.75, 3.05) is 43.7 Å². The third-order valence-corrected chi connectivity index (χ3v) is 21.0. The second-order valence-electron chi connectivity index (χ2n) is 32.7. The van der Waals surface area contributed by atoms with Crippen molar-refractivity contribution < 1.29 is 127 Å². The van der Waals surface area contributed by atoms with Crippen molar-refractivity contribution in [2.45, 2.75) is 250 Å². The lowest BCUT2D eigenvalue weighted by atomic mass is 10.1. The number of nitrogens with one attached hydrogen (secondary N) is 4. The van der Waals surface area contributed by atoms with Gasteiger partial charge in [-0.15, -0.1) is 0 Å². The fourth-order valence-electron chi connectivity index (χ4n) is 12.7. The van der Waals surface area contributed by atoms with Crippen LogP contribution in [-0.4, -0.2) is 265 Å². The molecule has 0 aliphatic carbocycles. The Labute approximate surface area is 790 Å². The van der Waals surface area contributed by atoms with Gasteiger partial charge in [-0.1, -0.05) is 57.2 Å². The number of aliphatic hydroxyl groups excluding tert-OH is 4. The van der Waals surface area contributed by atoms with E-state index in [1.165, 1.54) is 51.7 Å². The number of rotatable bonds is 23. The second-order valence-corrected chi connectivity index (χ2v) is 46.0. The van der Waals surface area contributed by atoms with Gasteiger partial charge in [0.1, 0.15) is 41.9 Å². The number of anilines is 3. The van der Waals surface area contributed by atoms with Crippen molar-refractivity contribution in [3.63, 3.8) is 0 Å². The molecular weight excluding hydrogens is 1890 g/mol. The number of hydrogen-bond acceptors (Lipinski definition) is 37. The van der Waals surface area contributed by atoms with Gasteiger partial charge in [0.2, 0.25) is 37.1 Å². The Morgan fingerprint density at radius 1 is 0.420 bits per heavy atom. The maximum absolute atomic E-state index is 14.5. The van der Waals surface area contributed by atoms with Crippen LogP contribution in [0.4, 0.5) is 39.4 Å². The van der Waals surface area contributed by atoms with Crippen molar-refractivity contribution in [3.05, 3.63) is 208 Å². The smallest absolute Gasteiger partial charge is 0.351 e. The molecule has 6 aromatic heterocycles. The normalized spacial score (nSPS) is 24.2. The van der Waals surface area contributed by atoms with Gasteiger partial charge < -0.3 is 104 Å². The molecule has 0 bridgehead atoms. The minimum absolute atomic E-state index is 0.0224. The minimum atomic E-state index is -1.79. The van der Waals surface area contributed by atoms with Gasteiger partial charge >= 0.3 is 58.7 Å². The molecule has 6 unspecified atom stereocenters. The molecule has 5 aliphatic rings. The lowest BCUT2D eigenvalue weighted by Gasteiger charge is -2.20. The summed E-state index contributed by atoms with van der Waals surface area (Å²) >= 11 is 0. The number of amides is 2. The summed E-state index contributed by atoms with van der Waals surface area (Å²) in [5, 5.41) is 42.0. The Bertz CT molecular complexity index is 5580. The SMILES string of the molecule is CCC1OC(OC(C)=O)[C@H](OC(C)=O)[C@H]1F.CC[C@H]1OC(n2ccc(=O)[nH]c2=O)[C@H](OC(C)=O)[C@H]1F.CC[C@H]1OC(n2ccc(NC(=O)c3ccccc3)nc2=O)[C@H](OC(C)=O)[C@H]1F.CN.CN.C[Si](C)(C)Oc1ccnc(O[Si](C)(C)C)n1.C[Si](C)(C)Oc1nccc(NC(=O)c2ccccc2)n1.Nc1ccn(C2O[C@H](CO)[C@H](F)[C@H]2O)c(=O)n1.O=c1ccn(C2O[C@H](CO)[C@H](F)[C@H]2O)c(=O)[nH]1. The molecule has 11 heterocycles. The highest BCUT2D eigenvalue weighted by Crippen LogP contribution is 2.38. The lowest BCUT2D eigenvalue weighted by Crippen LogP contribution is -2.38. The van der Waals surface area contributed by atoms with Gasteiger partial charge in [0.05, 0.1) is 31.5 Å². The number of nitrogens with zero attached hydrogens (tertiary/aromatic N) is 10. The predicted molar refractivity (Wildman–Crippen MR) is 493 cm³/mol. The van der Waals surface area contributed by atoms with E-state index in [9.17, 15) is 89.7 Å². The van der Waals surface area contributed by atoms with Gasteiger partial charge in [0, 0.05) is 94.2 Å².